The fourth-order valence-corrected chi connectivity index (χ4v) is 4.34. The Morgan fingerprint density at radius 1 is 0.886 bits per heavy atom. The first-order valence-corrected chi connectivity index (χ1v) is 11.8. The largest absolute Gasteiger partial charge is 0.484 e. The van der Waals surface area contributed by atoms with Crippen molar-refractivity contribution in [2.75, 3.05) is 5.32 Å². The molecule has 0 aliphatic carbocycles. The third-order valence-electron chi connectivity index (χ3n) is 5.91. The number of anilines is 2. The van der Waals surface area contributed by atoms with Crippen LogP contribution in [0.4, 0.5) is 11.5 Å². The molecule has 1 unspecified atom stereocenters. The molecule has 5 nitrogen and oxygen atoms in total. The zero-order valence-corrected chi connectivity index (χ0v) is 19.8. The minimum absolute atomic E-state index is 0.0942. The van der Waals surface area contributed by atoms with Crippen LogP contribution in [0.1, 0.15) is 30.8 Å². The highest BCUT2D eigenvalue weighted by Crippen LogP contribution is 2.31. The number of pyridine rings is 2. The standard InChI is InChI=1S/C30H27N3O2/c1-3-27(35-24-17-11-6-12-18-24)30-29-25(19-21(2)31-30)33(23-15-9-5-10-16-23)28(20-26(29)34)32-22-13-7-4-8-14-22/h4-20,27,32H,3H2,1-2H3. The van der Waals surface area contributed by atoms with Crippen molar-refractivity contribution in [3.63, 3.8) is 0 Å². The monoisotopic (exact) mass is 461 g/mol. The number of aromatic nitrogens is 2. The topological polar surface area (TPSA) is 56.1 Å². The van der Waals surface area contributed by atoms with Gasteiger partial charge in [-0.25, -0.2) is 0 Å². The Bertz CT molecular complexity index is 1500. The molecule has 0 saturated heterocycles. The maximum Gasteiger partial charge on any atom is 0.193 e. The van der Waals surface area contributed by atoms with Crippen LogP contribution in [0.25, 0.3) is 16.6 Å². The lowest BCUT2D eigenvalue weighted by Crippen LogP contribution is -2.18. The number of nitrogens with zero attached hydrogens (tertiary/aromatic N) is 2. The number of para-hydroxylation sites is 3. The molecule has 1 N–H and O–H groups in total. The zero-order chi connectivity index (χ0) is 24.2. The first kappa shape index (κ1) is 22.4. The Kier molecular flexibility index (Phi) is 6.31. The third kappa shape index (κ3) is 4.66. The van der Waals surface area contributed by atoms with Crippen LogP contribution in [0.15, 0.2) is 108 Å². The Labute approximate surface area is 204 Å². The molecule has 0 bridgehead atoms. The predicted octanol–water partition coefficient (Wildman–Crippen LogP) is 6.97. The molecular weight excluding hydrogens is 434 g/mol. The summed E-state index contributed by atoms with van der Waals surface area (Å²) in [5, 5.41) is 4.01. The first-order valence-electron chi connectivity index (χ1n) is 11.8. The van der Waals surface area contributed by atoms with Crippen molar-refractivity contribution in [2.45, 2.75) is 26.4 Å². The summed E-state index contributed by atoms with van der Waals surface area (Å²) >= 11 is 0. The van der Waals surface area contributed by atoms with E-state index in [1.807, 2.05) is 111 Å². The molecule has 0 aliphatic heterocycles. The van der Waals surface area contributed by atoms with Gasteiger partial charge in [-0.3, -0.25) is 14.3 Å². The molecule has 2 aromatic heterocycles. The summed E-state index contributed by atoms with van der Waals surface area (Å²) in [6.07, 6.45) is 0.319. The number of fused-ring (bicyclic) bond motifs is 1. The van der Waals surface area contributed by atoms with E-state index in [0.717, 1.165) is 28.3 Å². The lowest BCUT2D eigenvalue weighted by Gasteiger charge is -2.23. The van der Waals surface area contributed by atoms with E-state index in [2.05, 4.69) is 9.88 Å². The van der Waals surface area contributed by atoms with Crippen molar-refractivity contribution < 1.29 is 4.74 Å². The Hall–Kier alpha value is -4.38. The van der Waals surface area contributed by atoms with E-state index in [-0.39, 0.29) is 11.5 Å². The second kappa shape index (κ2) is 9.85. The highest BCUT2D eigenvalue weighted by Gasteiger charge is 2.22. The molecule has 5 heteroatoms. The van der Waals surface area contributed by atoms with Crippen LogP contribution in [0.2, 0.25) is 0 Å². The Balaban J connectivity index is 1.75. The fourth-order valence-electron chi connectivity index (χ4n) is 4.34. The molecule has 3 aromatic carbocycles. The van der Waals surface area contributed by atoms with E-state index in [9.17, 15) is 4.79 Å². The summed E-state index contributed by atoms with van der Waals surface area (Å²) < 4.78 is 8.39. The molecule has 5 aromatic rings. The number of ether oxygens (including phenoxy) is 1. The summed E-state index contributed by atoms with van der Waals surface area (Å²) in [5.74, 6) is 1.44. The van der Waals surface area contributed by atoms with E-state index < -0.39 is 0 Å². The van der Waals surface area contributed by atoms with Gasteiger partial charge in [-0.1, -0.05) is 61.5 Å². The predicted molar refractivity (Wildman–Crippen MR) is 142 cm³/mol. The minimum atomic E-state index is -0.357. The van der Waals surface area contributed by atoms with Gasteiger partial charge in [-0.15, -0.1) is 0 Å². The van der Waals surface area contributed by atoms with Gasteiger partial charge in [0, 0.05) is 23.1 Å². The van der Waals surface area contributed by atoms with E-state index in [1.54, 1.807) is 6.07 Å². The lowest BCUT2D eigenvalue weighted by atomic mass is 10.1. The van der Waals surface area contributed by atoms with E-state index in [0.29, 0.717) is 23.3 Å². The Morgan fingerprint density at radius 2 is 1.51 bits per heavy atom. The number of nitrogens with one attached hydrogen (secondary N) is 1. The van der Waals surface area contributed by atoms with Crippen LogP contribution in [0, 0.1) is 6.92 Å². The fraction of sp³-hybridized carbons (Fsp3) is 0.133. The van der Waals surface area contributed by atoms with E-state index >= 15 is 0 Å². The molecule has 0 amide bonds. The van der Waals surface area contributed by atoms with Gasteiger partial charge >= 0.3 is 0 Å². The van der Waals surface area contributed by atoms with Crippen molar-refractivity contribution in [2.24, 2.45) is 0 Å². The number of aryl methyl sites for hydroxylation is 1. The molecule has 5 rings (SSSR count). The molecular formula is C30H27N3O2. The summed E-state index contributed by atoms with van der Waals surface area (Å²) in [5.41, 5.74) is 4.03. The van der Waals surface area contributed by atoms with Gasteiger partial charge in [0.25, 0.3) is 0 Å². The van der Waals surface area contributed by atoms with E-state index in [1.165, 1.54) is 0 Å². The van der Waals surface area contributed by atoms with E-state index in [4.69, 9.17) is 9.72 Å². The smallest absolute Gasteiger partial charge is 0.193 e. The SMILES string of the molecule is CCC(Oc1ccccc1)c1nc(C)cc2c1c(=O)cc(Nc1ccccc1)n2-c1ccccc1. The molecule has 0 saturated carbocycles. The van der Waals surface area contributed by atoms with Crippen molar-refractivity contribution in [1.82, 2.24) is 9.55 Å². The Morgan fingerprint density at radius 3 is 2.17 bits per heavy atom. The van der Waals surface area contributed by atoms with Crippen LogP contribution in [-0.4, -0.2) is 9.55 Å². The van der Waals surface area contributed by atoms with Crippen LogP contribution < -0.4 is 15.5 Å². The number of hydrogen-bond acceptors (Lipinski definition) is 4. The molecule has 2 heterocycles. The summed E-state index contributed by atoms with van der Waals surface area (Å²) in [6, 6.07) is 33.2. The zero-order valence-electron chi connectivity index (χ0n) is 19.8. The normalized spacial score (nSPS) is 11.8. The third-order valence-corrected chi connectivity index (χ3v) is 5.91. The maximum atomic E-state index is 13.6. The second-order valence-electron chi connectivity index (χ2n) is 8.43. The average Bonchev–Trinajstić information content (AvgIpc) is 2.88. The van der Waals surface area contributed by atoms with Crippen LogP contribution in [-0.2, 0) is 0 Å². The quantitative estimate of drug-likeness (QED) is 0.284. The van der Waals surface area contributed by atoms with Gasteiger partial charge in [-0.2, -0.15) is 0 Å². The van der Waals surface area contributed by atoms with Gasteiger partial charge in [0.1, 0.15) is 17.7 Å². The van der Waals surface area contributed by atoms with Crippen molar-refractivity contribution in [1.29, 1.82) is 0 Å². The summed E-state index contributed by atoms with van der Waals surface area (Å²) in [4.78, 5) is 18.4. The van der Waals surface area contributed by atoms with Gasteiger partial charge < -0.3 is 10.1 Å². The van der Waals surface area contributed by atoms with Gasteiger partial charge in [0.2, 0.25) is 0 Å². The highest BCUT2D eigenvalue weighted by atomic mass is 16.5. The minimum Gasteiger partial charge on any atom is -0.484 e. The molecule has 1 atom stereocenters. The molecule has 35 heavy (non-hydrogen) atoms. The van der Waals surface area contributed by atoms with Crippen LogP contribution >= 0.6 is 0 Å². The van der Waals surface area contributed by atoms with Crippen molar-refractivity contribution in [3.05, 3.63) is 125 Å². The molecule has 0 fully saturated rings. The van der Waals surface area contributed by atoms with Crippen molar-refractivity contribution >= 4 is 22.4 Å². The van der Waals surface area contributed by atoms with Gasteiger partial charge in [0.05, 0.1) is 16.6 Å². The lowest BCUT2D eigenvalue weighted by molar-refractivity contribution is 0.198. The average molecular weight is 462 g/mol. The summed E-state index contributed by atoms with van der Waals surface area (Å²) in [7, 11) is 0. The van der Waals surface area contributed by atoms with Crippen LogP contribution in [0.5, 0.6) is 5.75 Å². The van der Waals surface area contributed by atoms with Crippen LogP contribution in [0.3, 0.4) is 0 Å². The molecule has 0 radical (unpaired) electrons. The first-order chi connectivity index (χ1) is 17.1. The number of rotatable bonds is 7. The summed E-state index contributed by atoms with van der Waals surface area (Å²) in [6.45, 7) is 4.00. The van der Waals surface area contributed by atoms with Gasteiger partial charge in [0.15, 0.2) is 5.43 Å². The molecule has 0 spiro atoms. The maximum absolute atomic E-state index is 13.6. The van der Waals surface area contributed by atoms with Crippen molar-refractivity contribution in [3.8, 4) is 11.4 Å². The highest BCUT2D eigenvalue weighted by molar-refractivity contribution is 5.86. The number of hydrogen-bond donors (Lipinski definition) is 1. The molecule has 0 aliphatic rings. The van der Waals surface area contributed by atoms with Gasteiger partial charge in [-0.05, 0) is 55.8 Å². The molecule has 174 valence electrons. The number of benzene rings is 3. The second-order valence-corrected chi connectivity index (χ2v) is 8.43.